The van der Waals surface area contributed by atoms with Crippen molar-refractivity contribution in [2.24, 2.45) is 11.8 Å². The van der Waals surface area contributed by atoms with Gasteiger partial charge in [-0.25, -0.2) is 0 Å². The highest BCUT2D eigenvalue weighted by molar-refractivity contribution is 5.94. The number of nitrogens with zero attached hydrogens (tertiary/aromatic N) is 4. The lowest BCUT2D eigenvalue weighted by Gasteiger charge is -2.38. The van der Waals surface area contributed by atoms with Crippen molar-refractivity contribution in [2.75, 3.05) is 27.8 Å². The Morgan fingerprint density at radius 2 is 1.94 bits per heavy atom. The molecule has 2 aliphatic rings. The molecule has 2 amide bonds. The number of hydrogen-bond donors (Lipinski definition) is 1. The molecule has 0 spiro atoms. The summed E-state index contributed by atoms with van der Waals surface area (Å²) in [5.74, 6) is -1.11. The van der Waals surface area contributed by atoms with E-state index in [9.17, 15) is 19.5 Å². The Labute approximate surface area is 208 Å². The highest BCUT2D eigenvalue weighted by atomic mass is 16.5. The van der Waals surface area contributed by atoms with Gasteiger partial charge in [0, 0.05) is 50.6 Å². The van der Waals surface area contributed by atoms with E-state index in [1.54, 1.807) is 67.2 Å². The molecular formula is C27H28N4O5. The maximum absolute atomic E-state index is 13.7. The predicted octanol–water partition coefficient (Wildman–Crippen LogP) is 1.81. The number of rotatable bonds is 5. The monoisotopic (exact) mass is 488 g/mol. The summed E-state index contributed by atoms with van der Waals surface area (Å²) in [5, 5.41) is 10.4. The van der Waals surface area contributed by atoms with Crippen molar-refractivity contribution in [3.8, 4) is 16.9 Å². The van der Waals surface area contributed by atoms with Gasteiger partial charge in [-0.05, 0) is 42.0 Å². The maximum Gasteiger partial charge on any atom is 0.273 e. The molecule has 1 aromatic carbocycles. The highest BCUT2D eigenvalue weighted by Crippen LogP contribution is 2.49. The number of aliphatic hydroxyl groups is 1. The van der Waals surface area contributed by atoms with Crippen LogP contribution in [-0.4, -0.2) is 70.1 Å². The zero-order chi connectivity index (χ0) is 25.6. The summed E-state index contributed by atoms with van der Waals surface area (Å²) in [4.78, 5) is 48.1. The van der Waals surface area contributed by atoms with Gasteiger partial charge in [-0.15, -0.1) is 0 Å². The molecule has 3 aromatic rings. The van der Waals surface area contributed by atoms with E-state index in [0.717, 1.165) is 0 Å². The Hall–Kier alpha value is -3.98. The topological polar surface area (TPSA) is 105 Å². The van der Waals surface area contributed by atoms with Gasteiger partial charge in [0.15, 0.2) is 0 Å². The summed E-state index contributed by atoms with van der Waals surface area (Å²) in [7, 11) is 4.88. The van der Waals surface area contributed by atoms with Gasteiger partial charge in [0.05, 0.1) is 25.1 Å². The Kier molecular flexibility index (Phi) is 6.09. The van der Waals surface area contributed by atoms with Gasteiger partial charge in [-0.2, -0.15) is 0 Å². The second kappa shape index (κ2) is 9.23. The zero-order valence-corrected chi connectivity index (χ0v) is 20.4. The number of aliphatic hydroxyl groups excluding tert-OH is 1. The highest BCUT2D eigenvalue weighted by Gasteiger charge is 2.58. The third-order valence-electron chi connectivity index (χ3n) is 7.27. The quantitative estimate of drug-likeness (QED) is 0.587. The van der Waals surface area contributed by atoms with E-state index in [4.69, 9.17) is 4.74 Å². The summed E-state index contributed by atoms with van der Waals surface area (Å²) in [6, 6.07) is 14.6. The van der Waals surface area contributed by atoms with Gasteiger partial charge in [-0.1, -0.05) is 18.2 Å². The molecule has 2 aliphatic heterocycles. The van der Waals surface area contributed by atoms with Crippen molar-refractivity contribution < 1.29 is 19.4 Å². The van der Waals surface area contributed by atoms with Crippen molar-refractivity contribution >= 4 is 11.8 Å². The van der Waals surface area contributed by atoms with Gasteiger partial charge in [0.1, 0.15) is 11.4 Å². The number of carbonyl (C=O) groups is 2. The van der Waals surface area contributed by atoms with Crippen LogP contribution >= 0.6 is 0 Å². The Balaban J connectivity index is 1.67. The van der Waals surface area contributed by atoms with Crippen molar-refractivity contribution in [3.05, 3.63) is 82.5 Å². The Morgan fingerprint density at radius 1 is 1.14 bits per heavy atom. The van der Waals surface area contributed by atoms with Crippen LogP contribution in [0.15, 0.2) is 65.6 Å². The summed E-state index contributed by atoms with van der Waals surface area (Å²) in [6.07, 6.45) is 1.55. The lowest BCUT2D eigenvalue weighted by molar-refractivity contribution is -0.135. The molecule has 4 heterocycles. The molecule has 9 heteroatoms. The minimum Gasteiger partial charge on any atom is -0.497 e. The standard InChI is InChI=1S/C27H28N4O5/c1-29(2)27(35)23-19(15-32)22-14-30-21(24(23)31(22)26(34)20-9-4-5-12-28-20)11-10-18(25(30)33)16-7-6-8-17(13-16)36-3/h4-13,19,22-24,32H,14-15H2,1-3H3/t19-,22-,23+,24+/m0/s1. The minimum absolute atomic E-state index is 0.170. The molecule has 1 N–H and O–H groups in total. The molecule has 2 aromatic heterocycles. The van der Waals surface area contributed by atoms with Crippen molar-refractivity contribution in [1.82, 2.24) is 19.4 Å². The number of benzene rings is 1. The summed E-state index contributed by atoms with van der Waals surface area (Å²) >= 11 is 0. The number of fused-ring (bicyclic) bond motifs is 4. The molecular weight excluding hydrogens is 460 g/mol. The van der Waals surface area contributed by atoms with Crippen LogP contribution in [0, 0.1) is 11.8 Å². The first-order valence-corrected chi connectivity index (χ1v) is 11.8. The van der Waals surface area contributed by atoms with Gasteiger partial charge < -0.3 is 24.2 Å². The van der Waals surface area contributed by atoms with Crippen LogP contribution in [0.4, 0.5) is 0 Å². The van der Waals surface area contributed by atoms with Crippen LogP contribution in [0.5, 0.6) is 5.75 Å². The molecule has 1 fully saturated rings. The number of amides is 2. The molecule has 4 atom stereocenters. The molecule has 1 saturated heterocycles. The third kappa shape index (κ3) is 3.67. The molecule has 0 saturated carbocycles. The third-order valence-corrected chi connectivity index (χ3v) is 7.27. The van der Waals surface area contributed by atoms with E-state index in [2.05, 4.69) is 4.98 Å². The first kappa shape index (κ1) is 23.7. The Morgan fingerprint density at radius 3 is 2.61 bits per heavy atom. The number of carbonyl (C=O) groups excluding carboxylic acids is 2. The zero-order valence-electron chi connectivity index (χ0n) is 20.4. The van der Waals surface area contributed by atoms with Crippen LogP contribution in [0.25, 0.3) is 11.1 Å². The van der Waals surface area contributed by atoms with Crippen LogP contribution < -0.4 is 10.3 Å². The van der Waals surface area contributed by atoms with Crippen LogP contribution in [0.3, 0.4) is 0 Å². The summed E-state index contributed by atoms with van der Waals surface area (Å²) in [5.41, 5.74) is 1.83. The van der Waals surface area contributed by atoms with E-state index in [-0.39, 0.29) is 36.2 Å². The molecule has 5 rings (SSSR count). The largest absolute Gasteiger partial charge is 0.497 e. The van der Waals surface area contributed by atoms with E-state index < -0.39 is 23.9 Å². The van der Waals surface area contributed by atoms with E-state index in [1.165, 1.54) is 4.90 Å². The fourth-order valence-electron chi connectivity index (χ4n) is 5.60. The van der Waals surface area contributed by atoms with Gasteiger partial charge in [0.2, 0.25) is 5.91 Å². The van der Waals surface area contributed by atoms with Crippen LogP contribution in [0.2, 0.25) is 0 Å². The second-order valence-corrected chi connectivity index (χ2v) is 9.36. The summed E-state index contributed by atoms with van der Waals surface area (Å²) in [6.45, 7) is -0.119. The SMILES string of the molecule is COc1cccc(-c2ccc3n(c2=O)C[C@H]2[C@H](CO)[C@@H](C(=O)N(C)C)[C@@H]3N2C(=O)c2ccccn2)c1. The second-order valence-electron chi connectivity index (χ2n) is 9.36. The maximum atomic E-state index is 13.7. The van der Waals surface area contributed by atoms with Crippen LogP contribution in [-0.2, 0) is 11.3 Å². The molecule has 0 radical (unpaired) electrons. The first-order chi connectivity index (χ1) is 17.4. The molecule has 9 nitrogen and oxygen atoms in total. The number of aromatic nitrogens is 2. The molecule has 0 unspecified atom stereocenters. The molecule has 0 aliphatic carbocycles. The fourth-order valence-corrected chi connectivity index (χ4v) is 5.60. The number of ether oxygens (including phenoxy) is 1. The van der Waals surface area contributed by atoms with Gasteiger partial charge in [0.25, 0.3) is 11.5 Å². The summed E-state index contributed by atoms with van der Waals surface area (Å²) < 4.78 is 6.97. The minimum atomic E-state index is -0.711. The van der Waals surface area contributed by atoms with Crippen molar-refractivity contribution in [1.29, 1.82) is 0 Å². The molecule has 36 heavy (non-hydrogen) atoms. The number of methoxy groups -OCH3 is 1. The Bertz CT molecular complexity index is 1370. The van der Waals surface area contributed by atoms with Crippen LogP contribution in [0.1, 0.15) is 22.2 Å². The first-order valence-electron chi connectivity index (χ1n) is 11.8. The lowest BCUT2D eigenvalue weighted by atomic mass is 9.86. The van der Waals surface area contributed by atoms with E-state index in [1.807, 2.05) is 24.3 Å². The fraction of sp³-hybridized carbons (Fsp3) is 0.333. The average Bonchev–Trinajstić information content (AvgIpc) is 3.14. The van der Waals surface area contributed by atoms with Crippen molar-refractivity contribution in [3.63, 3.8) is 0 Å². The lowest BCUT2D eigenvalue weighted by Crippen LogP contribution is -2.49. The molecule has 186 valence electrons. The normalized spacial score (nSPS) is 22.2. The van der Waals surface area contributed by atoms with E-state index >= 15 is 0 Å². The number of pyridine rings is 2. The smallest absolute Gasteiger partial charge is 0.273 e. The van der Waals surface area contributed by atoms with Crippen molar-refractivity contribution in [2.45, 2.75) is 18.6 Å². The van der Waals surface area contributed by atoms with Gasteiger partial charge >= 0.3 is 0 Å². The molecule has 2 bridgehead atoms. The average molecular weight is 489 g/mol. The van der Waals surface area contributed by atoms with E-state index in [0.29, 0.717) is 22.6 Å². The number of hydrogen-bond acceptors (Lipinski definition) is 6. The van der Waals surface area contributed by atoms with Gasteiger partial charge in [-0.3, -0.25) is 19.4 Å². The predicted molar refractivity (Wildman–Crippen MR) is 132 cm³/mol.